The van der Waals surface area contributed by atoms with Crippen molar-refractivity contribution >= 4 is 22.8 Å². The number of likely N-dealkylation sites (N-methyl/N-ethyl adjacent to an activating group) is 1. The van der Waals surface area contributed by atoms with Crippen molar-refractivity contribution < 1.29 is 0 Å². The summed E-state index contributed by atoms with van der Waals surface area (Å²) in [6.45, 7) is 9.15. The average Bonchev–Trinajstić information content (AvgIpc) is 3.19. The van der Waals surface area contributed by atoms with Gasteiger partial charge >= 0.3 is 0 Å². The highest BCUT2D eigenvalue weighted by atomic mass is 15.3. The van der Waals surface area contributed by atoms with E-state index >= 15 is 0 Å². The zero-order chi connectivity index (χ0) is 20.9. The lowest BCUT2D eigenvalue weighted by Crippen LogP contribution is -2.33. The van der Waals surface area contributed by atoms with Crippen LogP contribution in [-0.4, -0.2) is 21.6 Å². The Bertz CT molecular complexity index is 1200. The van der Waals surface area contributed by atoms with Crippen LogP contribution in [0.3, 0.4) is 0 Å². The minimum Gasteiger partial charge on any atom is -0.369 e. The molecule has 1 saturated carbocycles. The fraction of sp³-hybridized carbons (Fsp3) is 0.240. The Hall–Kier alpha value is -3.47. The second kappa shape index (κ2) is 6.80. The number of allylic oxidation sites excluding steroid dienone is 2. The molecule has 3 heterocycles. The maximum atomic E-state index is 6.28. The molecule has 3 N–H and O–H groups in total. The number of nitrogens with two attached hydrogens (primary N) is 1. The van der Waals surface area contributed by atoms with Gasteiger partial charge in [-0.2, -0.15) is 0 Å². The molecule has 0 atom stereocenters. The molecule has 152 valence electrons. The van der Waals surface area contributed by atoms with E-state index in [4.69, 9.17) is 5.84 Å². The summed E-state index contributed by atoms with van der Waals surface area (Å²) in [5.41, 5.74) is 6.55. The molecule has 1 aromatic carbocycles. The Labute approximate surface area is 177 Å². The average molecular weight is 398 g/mol. The number of aromatic nitrogens is 2. The van der Waals surface area contributed by atoms with Crippen LogP contribution in [0.1, 0.15) is 36.1 Å². The minimum absolute atomic E-state index is 0.0918. The summed E-state index contributed by atoms with van der Waals surface area (Å²) in [7, 11) is 2.03. The fourth-order valence-electron chi connectivity index (χ4n) is 4.58. The highest BCUT2D eigenvalue weighted by Crippen LogP contribution is 2.54. The molecule has 5 heteroatoms. The summed E-state index contributed by atoms with van der Waals surface area (Å²) in [6.07, 6.45) is 9.58. The molecule has 3 aromatic rings. The van der Waals surface area contributed by atoms with Crippen molar-refractivity contribution in [2.75, 3.05) is 18.2 Å². The molecule has 5 rings (SSSR count). The first kappa shape index (κ1) is 18.6. The number of nitrogen functional groups attached to an aromatic ring is 1. The molecule has 0 amide bonds. The summed E-state index contributed by atoms with van der Waals surface area (Å²) in [4.78, 5) is 6.73. The summed E-state index contributed by atoms with van der Waals surface area (Å²) in [5, 5.41) is 4.52. The van der Waals surface area contributed by atoms with Crippen LogP contribution in [0.4, 0.5) is 5.82 Å². The normalized spacial score (nSPS) is 16.6. The second-order valence-electron chi connectivity index (χ2n) is 8.45. The molecule has 2 aromatic heterocycles. The number of nitrogens with zero attached hydrogens (tertiary/aromatic N) is 3. The SMILES string of the molecule is C=C(/C=C/c1cnc2c(c1)C1(CCC1)C(=C)N2)N(C)Cc1cc2ccccc2n1N. The van der Waals surface area contributed by atoms with Gasteiger partial charge in [-0.1, -0.05) is 43.9 Å². The zero-order valence-electron chi connectivity index (χ0n) is 17.4. The standard InChI is InChI=1S/C25H27N5/c1-17(29(3)16-21-14-20-7-4-5-8-23(20)30(21)26)9-10-19-13-22-24(27-15-19)28-18(2)25(22)11-6-12-25/h4-5,7-10,13-15H,1-2,6,11-12,16,26H2,3H3,(H,27,28)/b10-9+. The number of hydrogen-bond donors (Lipinski definition) is 2. The Balaban J connectivity index is 1.32. The smallest absolute Gasteiger partial charge is 0.134 e. The largest absolute Gasteiger partial charge is 0.369 e. The van der Waals surface area contributed by atoms with Crippen LogP contribution in [0.5, 0.6) is 0 Å². The van der Waals surface area contributed by atoms with E-state index in [1.807, 2.05) is 37.5 Å². The van der Waals surface area contributed by atoms with Gasteiger partial charge in [0, 0.05) is 41.0 Å². The number of para-hydroxylation sites is 1. The summed E-state index contributed by atoms with van der Waals surface area (Å²) < 4.78 is 1.76. The molecule has 1 spiro atoms. The molecule has 0 radical (unpaired) electrons. The zero-order valence-corrected chi connectivity index (χ0v) is 17.4. The molecule has 1 fully saturated rings. The van der Waals surface area contributed by atoms with Crippen LogP contribution in [0.25, 0.3) is 17.0 Å². The topological polar surface area (TPSA) is 59.1 Å². The van der Waals surface area contributed by atoms with Gasteiger partial charge in [0.05, 0.1) is 17.8 Å². The first-order valence-corrected chi connectivity index (χ1v) is 10.4. The highest BCUT2D eigenvalue weighted by molar-refractivity contribution is 5.81. The van der Waals surface area contributed by atoms with Crippen molar-refractivity contribution in [3.8, 4) is 0 Å². The van der Waals surface area contributed by atoms with E-state index in [1.165, 1.54) is 12.0 Å². The Morgan fingerprint density at radius 3 is 2.87 bits per heavy atom. The number of hydrogen-bond acceptors (Lipinski definition) is 4. The number of pyridine rings is 1. The molecule has 1 aliphatic carbocycles. The van der Waals surface area contributed by atoms with Gasteiger partial charge in [0.2, 0.25) is 0 Å². The van der Waals surface area contributed by atoms with Gasteiger partial charge in [-0.15, -0.1) is 0 Å². The van der Waals surface area contributed by atoms with E-state index in [1.54, 1.807) is 4.68 Å². The van der Waals surface area contributed by atoms with Gasteiger partial charge in [-0.25, -0.2) is 4.98 Å². The quantitative estimate of drug-likeness (QED) is 0.481. The third kappa shape index (κ3) is 2.81. The molecule has 1 aliphatic heterocycles. The molecule has 0 bridgehead atoms. The van der Waals surface area contributed by atoms with E-state index in [2.05, 4.69) is 52.6 Å². The monoisotopic (exact) mass is 397 g/mol. The van der Waals surface area contributed by atoms with Gasteiger partial charge in [0.25, 0.3) is 0 Å². The summed E-state index contributed by atoms with van der Waals surface area (Å²) in [5.74, 6) is 7.24. The first-order chi connectivity index (χ1) is 14.5. The first-order valence-electron chi connectivity index (χ1n) is 10.4. The fourth-order valence-corrected chi connectivity index (χ4v) is 4.58. The predicted octanol–water partition coefficient (Wildman–Crippen LogP) is 4.77. The van der Waals surface area contributed by atoms with Crippen molar-refractivity contribution in [2.24, 2.45) is 0 Å². The van der Waals surface area contributed by atoms with Crippen LogP contribution in [0.2, 0.25) is 0 Å². The van der Waals surface area contributed by atoms with E-state index < -0.39 is 0 Å². The third-order valence-electron chi connectivity index (χ3n) is 6.66. The third-order valence-corrected chi connectivity index (χ3v) is 6.66. The lowest BCUT2D eigenvalue weighted by molar-refractivity contribution is 0.307. The highest BCUT2D eigenvalue weighted by Gasteiger charge is 2.47. The van der Waals surface area contributed by atoms with E-state index in [9.17, 15) is 0 Å². The van der Waals surface area contributed by atoms with Gasteiger partial charge in [-0.05, 0) is 42.7 Å². The number of fused-ring (bicyclic) bond motifs is 3. The van der Waals surface area contributed by atoms with Crippen LogP contribution in [-0.2, 0) is 12.0 Å². The molecular weight excluding hydrogens is 370 g/mol. The van der Waals surface area contributed by atoms with Crippen molar-refractivity contribution in [1.29, 1.82) is 0 Å². The molecule has 5 nitrogen and oxygen atoms in total. The molecule has 0 unspecified atom stereocenters. The summed E-state index contributed by atoms with van der Waals surface area (Å²) >= 11 is 0. The van der Waals surface area contributed by atoms with Crippen molar-refractivity contribution in [2.45, 2.75) is 31.2 Å². The maximum absolute atomic E-state index is 6.28. The minimum atomic E-state index is 0.0918. The van der Waals surface area contributed by atoms with Crippen molar-refractivity contribution in [1.82, 2.24) is 14.6 Å². The molecular formula is C25H27N5. The predicted molar refractivity (Wildman–Crippen MR) is 124 cm³/mol. The Morgan fingerprint density at radius 2 is 2.13 bits per heavy atom. The van der Waals surface area contributed by atoms with Gasteiger partial charge in [0.15, 0.2) is 0 Å². The van der Waals surface area contributed by atoms with Crippen molar-refractivity contribution in [3.63, 3.8) is 0 Å². The van der Waals surface area contributed by atoms with Gasteiger partial charge in [0.1, 0.15) is 5.82 Å². The number of rotatable bonds is 5. The van der Waals surface area contributed by atoms with Crippen molar-refractivity contribution in [3.05, 3.63) is 90.0 Å². The molecule has 0 saturated heterocycles. The van der Waals surface area contributed by atoms with E-state index in [-0.39, 0.29) is 5.41 Å². The number of benzene rings is 1. The second-order valence-corrected chi connectivity index (χ2v) is 8.45. The molecule has 30 heavy (non-hydrogen) atoms. The van der Waals surface area contributed by atoms with Crippen LogP contribution < -0.4 is 11.2 Å². The Morgan fingerprint density at radius 1 is 1.33 bits per heavy atom. The number of anilines is 1. The van der Waals surface area contributed by atoms with E-state index in [0.29, 0.717) is 6.54 Å². The van der Waals surface area contributed by atoms with Gasteiger partial charge < -0.3 is 16.1 Å². The Kier molecular flexibility index (Phi) is 4.21. The summed E-state index contributed by atoms with van der Waals surface area (Å²) in [6, 6.07) is 12.5. The lowest BCUT2D eigenvalue weighted by Gasteiger charge is -2.39. The molecule has 2 aliphatic rings. The lowest BCUT2D eigenvalue weighted by atomic mass is 9.64. The van der Waals surface area contributed by atoms with Crippen LogP contribution in [0, 0.1) is 0 Å². The van der Waals surface area contributed by atoms with Gasteiger partial charge in [-0.3, -0.25) is 4.68 Å². The van der Waals surface area contributed by atoms with E-state index in [0.717, 1.165) is 52.2 Å². The maximum Gasteiger partial charge on any atom is 0.134 e. The van der Waals surface area contributed by atoms with Crippen LogP contribution >= 0.6 is 0 Å². The number of nitrogens with one attached hydrogen (secondary N) is 1. The van der Waals surface area contributed by atoms with Crippen LogP contribution in [0.15, 0.2) is 73.2 Å².